The Morgan fingerprint density at radius 1 is 1.26 bits per heavy atom. The summed E-state index contributed by atoms with van der Waals surface area (Å²) in [6.07, 6.45) is -4.45. The fraction of sp³-hybridized carbons (Fsp3) is 0.125. The molecule has 0 atom stereocenters. The second kappa shape index (κ2) is 5.25. The Hall–Kier alpha value is -2.59. The molecule has 23 heavy (non-hydrogen) atoms. The first kappa shape index (κ1) is 15.3. The summed E-state index contributed by atoms with van der Waals surface area (Å²) in [6.45, 7) is 1.65. The molecule has 7 heteroatoms. The van der Waals surface area contributed by atoms with E-state index in [4.69, 9.17) is 5.26 Å². The molecule has 2 aromatic heterocycles. The quantitative estimate of drug-likeness (QED) is 0.714. The van der Waals surface area contributed by atoms with Gasteiger partial charge in [0.05, 0.1) is 5.56 Å². The number of fused-ring (bicyclic) bond motifs is 1. The van der Waals surface area contributed by atoms with Gasteiger partial charge in [0, 0.05) is 26.7 Å². The zero-order chi connectivity index (χ0) is 16.8. The number of pyridine rings is 1. The number of hydrogen-bond donors (Lipinski definition) is 1. The van der Waals surface area contributed by atoms with Crippen LogP contribution < -0.4 is 5.56 Å². The number of aryl methyl sites for hydroxylation is 1. The van der Waals surface area contributed by atoms with Gasteiger partial charge in [-0.25, -0.2) is 0 Å². The van der Waals surface area contributed by atoms with Gasteiger partial charge in [-0.15, -0.1) is 11.3 Å². The number of thiophene rings is 1. The van der Waals surface area contributed by atoms with Crippen molar-refractivity contribution >= 4 is 21.4 Å². The molecule has 0 spiro atoms. The largest absolute Gasteiger partial charge is 0.417 e. The van der Waals surface area contributed by atoms with Crippen molar-refractivity contribution in [1.29, 1.82) is 5.26 Å². The lowest BCUT2D eigenvalue weighted by Gasteiger charge is -2.08. The van der Waals surface area contributed by atoms with Crippen LogP contribution in [-0.4, -0.2) is 4.98 Å². The van der Waals surface area contributed by atoms with Crippen LogP contribution in [0.3, 0.4) is 0 Å². The average Bonchev–Trinajstić information content (AvgIpc) is 2.89. The molecule has 0 aliphatic carbocycles. The Kier molecular flexibility index (Phi) is 3.49. The number of aromatic amines is 1. The molecule has 0 saturated heterocycles. The van der Waals surface area contributed by atoms with Gasteiger partial charge in [-0.2, -0.15) is 18.4 Å². The Morgan fingerprint density at radius 3 is 2.65 bits per heavy atom. The van der Waals surface area contributed by atoms with Crippen LogP contribution in [0.1, 0.15) is 16.8 Å². The van der Waals surface area contributed by atoms with Gasteiger partial charge in [0.1, 0.15) is 11.6 Å². The molecule has 0 fully saturated rings. The molecule has 3 aromatic rings. The second-order valence-electron chi connectivity index (χ2n) is 5.04. The van der Waals surface area contributed by atoms with Gasteiger partial charge < -0.3 is 4.98 Å². The van der Waals surface area contributed by atoms with E-state index in [1.807, 2.05) is 6.07 Å². The summed E-state index contributed by atoms with van der Waals surface area (Å²) in [4.78, 5) is 14.4. The van der Waals surface area contributed by atoms with Crippen molar-refractivity contribution in [1.82, 2.24) is 4.98 Å². The first-order valence-electron chi connectivity index (χ1n) is 6.54. The lowest BCUT2D eigenvalue weighted by atomic mass is 9.99. The van der Waals surface area contributed by atoms with E-state index in [1.54, 1.807) is 25.1 Å². The lowest BCUT2D eigenvalue weighted by molar-refractivity contribution is -0.136. The zero-order valence-electron chi connectivity index (χ0n) is 11.8. The summed E-state index contributed by atoms with van der Waals surface area (Å²) < 4.78 is 39.7. The third-order valence-corrected chi connectivity index (χ3v) is 4.43. The maximum Gasteiger partial charge on any atom is 0.417 e. The number of benzene rings is 1. The maximum atomic E-state index is 13.1. The minimum Gasteiger partial charge on any atom is -0.325 e. The number of H-pyrrole nitrogens is 1. The van der Waals surface area contributed by atoms with Gasteiger partial charge >= 0.3 is 6.18 Å². The molecule has 3 nitrogen and oxygen atoms in total. The lowest BCUT2D eigenvalue weighted by Crippen LogP contribution is -2.12. The van der Waals surface area contributed by atoms with Crippen LogP contribution in [-0.2, 0) is 6.18 Å². The minimum atomic E-state index is -4.45. The predicted octanol–water partition coefficient (Wildman–Crippen LogP) is 4.46. The van der Waals surface area contributed by atoms with E-state index < -0.39 is 17.3 Å². The number of nitriles is 1. The molecular formula is C16H9F3N2OS. The molecule has 1 N–H and O–H groups in total. The van der Waals surface area contributed by atoms with E-state index in [0.29, 0.717) is 21.5 Å². The Balaban J connectivity index is 2.31. The smallest absolute Gasteiger partial charge is 0.325 e. The standard InChI is InChI=1S/C16H9F3N2OS/c1-8-4-10(12(6-20)15(22)21-8)9-2-3-14-11(5-9)13(7-23-14)16(17,18)19/h2-5,7H,1H3,(H,21,22). The van der Waals surface area contributed by atoms with Crippen molar-refractivity contribution in [2.45, 2.75) is 13.1 Å². The van der Waals surface area contributed by atoms with Crippen LogP contribution >= 0.6 is 11.3 Å². The number of halogens is 3. The van der Waals surface area contributed by atoms with Gasteiger partial charge in [-0.3, -0.25) is 4.79 Å². The van der Waals surface area contributed by atoms with Gasteiger partial charge in [0.2, 0.25) is 0 Å². The predicted molar refractivity (Wildman–Crippen MR) is 82.3 cm³/mol. The van der Waals surface area contributed by atoms with Gasteiger partial charge in [0.15, 0.2) is 0 Å². The normalized spacial score (nSPS) is 11.6. The molecule has 0 bridgehead atoms. The van der Waals surface area contributed by atoms with Crippen molar-refractivity contribution in [3.05, 3.63) is 56.8 Å². The monoisotopic (exact) mass is 334 g/mol. The number of rotatable bonds is 1. The van der Waals surface area contributed by atoms with E-state index in [-0.39, 0.29) is 10.9 Å². The topological polar surface area (TPSA) is 56.6 Å². The Bertz CT molecular complexity index is 1010. The van der Waals surface area contributed by atoms with E-state index in [1.165, 1.54) is 6.07 Å². The third-order valence-electron chi connectivity index (χ3n) is 3.47. The Labute approximate surface area is 132 Å². The molecule has 1 aromatic carbocycles. The first-order chi connectivity index (χ1) is 10.8. The number of nitrogens with zero attached hydrogens (tertiary/aromatic N) is 1. The molecule has 0 unspecified atom stereocenters. The zero-order valence-corrected chi connectivity index (χ0v) is 12.6. The molecule has 0 aliphatic heterocycles. The highest BCUT2D eigenvalue weighted by Gasteiger charge is 2.33. The van der Waals surface area contributed by atoms with Gasteiger partial charge in [-0.05, 0) is 30.7 Å². The molecule has 0 amide bonds. The molecular weight excluding hydrogens is 325 g/mol. The van der Waals surface area contributed by atoms with Crippen molar-refractivity contribution < 1.29 is 13.2 Å². The van der Waals surface area contributed by atoms with Crippen molar-refractivity contribution in [2.24, 2.45) is 0 Å². The SMILES string of the molecule is Cc1cc(-c2ccc3scc(C(F)(F)F)c3c2)c(C#N)c(=O)[nH]1. The van der Waals surface area contributed by atoms with E-state index in [9.17, 15) is 18.0 Å². The van der Waals surface area contributed by atoms with Crippen LogP contribution in [0.4, 0.5) is 13.2 Å². The maximum absolute atomic E-state index is 13.1. The summed E-state index contributed by atoms with van der Waals surface area (Å²) in [5, 5.41) is 10.3. The summed E-state index contributed by atoms with van der Waals surface area (Å²) in [5.41, 5.74) is -0.102. The minimum absolute atomic E-state index is 0.0711. The second-order valence-corrected chi connectivity index (χ2v) is 5.95. The van der Waals surface area contributed by atoms with Crippen LogP contribution in [0.2, 0.25) is 0 Å². The first-order valence-corrected chi connectivity index (χ1v) is 7.42. The molecule has 0 aliphatic rings. The highest BCUT2D eigenvalue weighted by Crippen LogP contribution is 2.40. The highest BCUT2D eigenvalue weighted by molar-refractivity contribution is 7.17. The van der Waals surface area contributed by atoms with Crippen LogP contribution in [0.25, 0.3) is 21.2 Å². The molecule has 0 radical (unpaired) electrons. The molecule has 0 saturated carbocycles. The van der Waals surface area contributed by atoms with Gasteiger partial charge in [0.25, 0.3) is 5.56 Å². The van der Waals surface area contributed by atoms with Gasteiger partial charge in [-0.1, -0.05) is 6.07 Å². The van der Waals surface area contributed by atoms with E-state index in [2.05, 4.69) is 4.98 Å². The number of alkyl halides is 3. The Morgan fingerprint density at radius 2 is 2.00 bits per heavy atom. The molecule has 3 rings (SSSR count). The summed E-state index contributed by atoms with van der Waals surface area (Å²) in [5.74, 6) is 0. The summed E-state index contributed by atoms with van der Waals surface area (Å²) in [7, 11) is 0. The van der Waals surface area contributed by atoms with Crippen molar-refractivity contribution in [3.63, 3.8) is 0 Å². The average molecular weight is 334 g/mol. The molecule has 2 heterocycles. The number of hydrogen-bond acceptors (Lipinski definition) is 3. The van der Waals surface area contributed by atoms with E-state index in [0.717, 1.165) is 16.7 Å². The van der Waals surface area contributed by atoms with Crippen molar-refractivity contribution in [3.8, 4) is 17.2 Å². The van der Waals surface area contributed by atoms with E-state index >= 15 is 0 Å². The fourth-order valence-corrected chi connectivity index (χ4v) is 3.39. The third kappa shape index (κ3) is 2.62. The van der Waals surface area contributed by atoms with Crippen LogP contribution in [0, 0.1) is 18.3 Å². The summed E-state index contributed by atoms with van der Waals surface area (Å²) in [6, 6.07) is 7.97. The molecule has 116 valence electrons. The van der Waals surface area contributed by atoms with Crippen LogP contribution in [0.15, 0.2) is 34.4 Å². The highest BCUT2D eigenvalue weighted by atomic mass is 32.1. The van der Waals surface area contributed by atoms with Crippen molar-refractivity contribution in [2.75, 3.05) is 0 Å². The van der Waals surface area contributed by atoms with Crippen LogP contribution in [0.5, 0.6) is 0 Å². The number of nitrogens with one attached hydrogen (secondary N) is 1. The fourth-order valence-electron chi connectivity index (χ4n) is 2.44. The summed E-state index contributed by atoms with van der Waals surface area (Å²) >= 11 is 1.01. The number of aromatic nitrogens is 1.